The van der Waals surface area contributed by atoms with E-state index in [1.54, 1.807) is 29.2 Å². The summed E-state index contributed by atoms with van der Waals surface area (Å²) >= 11 is 0. The Morgan fingerprint density at radius 2 is 1.54 bits per heavy atom. The van der Waals surface area contributed by atoms with Gasteiger partial charge in [-0.15, -0.1) is 0 Å². The van der Waals surface area contributed by atoms with Gasteiger partial charge in [0.05, 0.1) is 19.8 Å². The maximum atomic E-state index is 13.5. The number of benzene rings is 2. The van der Waals surface area contributed by atoms with Crippen molar-refractivity contribution in [1.82, 2.24) is 4.90 Å². The smallest absolute Gasteiger partial charge is 0.254 e. The van der Waals surface area contributed by atoms with Crippen molar-refractivity contribution in [3.8, 4) is 17.2 Å². The lowest BCUT2D eigenvalue weighted by Gasteiger charge is -2.23. The maximum Gasteiger partial charge on any atom is 0.254 e. The lowest BCUT2D eigenvalue weighted by molar-refractivity contribution is 0.0751. The van der Waals surface area contributed by atoms with E-state index in [-0.39, 0.29) is 11.7 Å². The van der Waals surface area contributed by atoms with Crippen LogP contribution in [-0.2, 0) is 6.54 Å². The fourth-order valence-electron chi connectivity index (χ4n) is 2.88. The molecule has 0 radical (unpaired) electrons. The predicted octanol–water partition coefficient (Wildman–Crippen LogP) is 4.68. The van der Waals surface area contributed by atoms with Crippen molar-refractivity contribution < 1.29 is 23.4 Å². The van der Waals surface area contributed by atoms with E-state index < -0.39 is 0 Å². The highest BCUT2D eigenvalue weighted by Crippen LogP contribution is 2.39. The highest BCUT2D eigenvalue weighted by atomic mass is 19.1. The van der Waals surface area contributed by atoms with Gasteiger partial charge in [-0.05, 0) is 57.5 Å². The number of hydrogen-bond donors (Lipinski definition) is 0. The minimum absolute atomic E-state index is 0.184. The van der Waals surface area contributed by atoms with Crippen molar-refractivity contribution in [2.24, 2.45) is 0 Å². The molecule has 0 bridgehead atoms. The molecule has 0 aliphatic rings. The molecule has 2 rings (SSSR count). The molecular weight excluding hydrogens is 361 g/mol. The topological polar surface area (TPSA) is 48.0 Å². The molecule has 0 saturated carbocycles. The summed E-state index contributed by atoms with van der Waals surface area (Å²) in [4.78, 5) is 14.8. The Balaban J connectivity index is 2.38. The Bertz CT molecular complexity index is 767. The molecule has 5 nitrogen and oxygen atoms in total. The minimum Gasteiger partial charge on any atom is -0.490 e. The molecule has 0 aliphatic heterocycles. The van der Waals surface area contributed by atoms with Crippen LogP contribution in [0.15, 0.2) is 36.4 Å². The zero-order valence-electron chi connectivity index (χ0n) is 17.0. The lowest BCUT2D eigenvalue weighted by Crippen LogP contribution is -2.30. The first-order valence-electron chi connectivity index (χ1n) is 9.64. The number of rotatable bonds is 10. The molecule has 2 aromatic carbocycles. The van der Waals surface area contributed by atoms with Gasteiger partial charge in [0.1, 0.15) is 5.82 Å². The highest BCUT2D eigenvalue weighted by Gasteiger charge is 2.21. The third-order valence-corrected chi connectivity index (χ3v) is 4.09. The van der Waals surface area contributed by atoms with Crippen LogP contribution in [-0.4, -0.2) is 37.2 Å². The zero-order valence-corrected chi connectivity index (χ0v) is 17.0. The molecule has 0 atom stereocenters. The van der Waals surface area contributed by atoms with Crippen LogP contribution in [0.3, 0.4) is 0 Å². The number of amides is 1. The fraction of sp³-hybridized carbons (Fsp3) is 0.409. The molecule has 0 N–H and O–H groups in total. The first-order chi connectivity index (χ1) is 13.5. The summed E-state index contributed by atoms with van der Waals surface area (Å²) in [6.07, 6.45) is 0. The summed E-state index contributed by atoms with van der Waals surface area (Å²) in [7, 11) is 0. The van der Waals surface area contributed by atoms with Crippen molar-refractivity contribution >= 4 is 5.91 Å². The maximum absolute atomic E-state index is 13.5. The van der Waals surface area contributed by atoms with Crippen LogP contribution in [0, 0.1) is 5.82 Å². The third kappa shape index (κ3) is 5.38. The molecule has 0 unspecified atom stereocenters. The van der Waals surface area contributed by atoms with Crippen LogP contribution in [0.1, 0.15) is 43.6 Å². The molecule has 0 aliphatic carbocycles. The molecule has 0 fully saturated rings. The van der Waals surface area contributed by atoms with Crippen LogP contribution in [0.4, 0.5) is 4.39 Å². The Labute approximate surface area is 166 Å². The van der Waals surface area contributed by atoms with Gasteiger partial charge in [0.25, 0.3) is 5.91 Å². The predicted molar refractivity (Wildman–Crippen MR) is 107 cm³/mol. The van der Waals surface area contributed by atoms with Crippen LogP contribution in [0.2, 0.25) is 0 Å². The average Bonchev–Trinajstić information content (AvgIpc) is 2.68. The number of carbonyl (C=O) groups excluding carboxylic acids is 1. The number of ether oxygens (including phenoxy) is 3. The van der Waals surface area contributed by atoms with Gasteiger partial charge in [0.15, 0.2) is 11.5 Å². The molecule has 152 valence electrons. The van der Waals surface area contributed by atoms with Gasteiger partial charge < -0.3 is 19.1 Å². The molecule has 28 heavy (non-hydrogen) atoms. The van der Waals surface area contributed by atoms with Gasteiger partial charge in [-0.2, -0.15) is 0 Å². The van der Waals surface area contributed by atoms with Crippen molar-refractivity contribution in [2.45, 2.75) is 34.2 Å². The molecule has 6 heteroatoms. The Morgan fingerprint density at radius 3 is 2.04 bits per heavy atom. The van der Waals surface area contributed by atoms with Gasteiger partial charge in [-0.25, -0.2) is 4.39 Å². The van der Waals surface area contributed by atoms with Gasteiger partial charge >= 0.3 is 0 Å². The summed E-state index contributed by atoms with van der Waals surface area (Å²) in [5, 5.41) is 0. The number of hydrogen-bond acceptors (Lipinski definition) is 4. The molecule has 0 aromatic heterocycles. The molecule has 2 aromatic rings. The summed E-state index contributed by atoms with van der Waals surface area (Å²) in [5.41, 5.74) is 1.17. The first-order valence-corrected chi connectivity index (χ1v) is 9.64. The number of carbonyl (C=O) groups is 1. The largest absolute Gasteiger partial charge is 0.490 e. The van der Waals surface area contributed by atoms with E-state index >= 15 is 0 Å². The van der Waals surface area contributed by atoms with E-state index in [0.29, 0.717) is 55.7 Å². The van der Waals surface area contributed by atoms with Crippen LogP contribution < -0.4 is 14.2 Å². The second-order valence-electron chi connectivity index (χ2n) is 6.05. The van der Waals surface area contributed by atoms with Crippen molar-refractivity contribution in [1.29, 1.82) is 0 Å². The van der Waals surface area contributed by atoms with Gasteiger partial charge in [0, 0.05) is 18.7 Å². The minimum atomic E-state index is -0.320. The molecular formula is C22H28FNO4. The average molecular weight is 389 g/mol. The van der Waals surface area contributed by atoms with Crippen LogP contribution in [0.5, 0.6) is 17.2 Å². The highest BCUT2D eigenvalue weighted by molar-refractivity contribution is 5.95. The van der Waals surface area contributed by atoms with Gasteiger partial charge in [0.2, 0.25) is 5.75 Å². The van der Waals surface area contributed by atoms with E-state index in [1.807, 2.05) is 27.7 Å². The van der Waals surface area contributed by atoms with Crippen LogP contribution >= 0.6 is 0 Å². The first kappa shape index (κ1) is 21.5. The van der Waals surface area contributed by atoms with E-state index in [9.17, 15) is 9.18 Å². The number of halogens is 1. The second-order valence-corrected chi connectivity index (χ2v) is 6.05. The molecule has 0 heterocycles. The summed E-state index contributed by atoms with van der Waals surface area (Å²) in [6, 6.07) is 9.61. The lowest BCUT2D eigenvalue weighted by atomic mass is 10.1. The van der Waals surface area contributed by atoms with E-state index in [1.165, 1.54) is 12.1 Å². The SMILES string of the molecule is CCOc1cc(C(=O)N(CC)Cc2cccc(F)c2)cc(OCC)c1OCC. The van der Waals surface area contributed by atoms with Crippen molar-refractivity contribution in [3.63, 3.8) is 0 Å². The third-order valence-electron chi connectivity index (χ3n) is 4.09. The Kier molecular flexibility index (Phi) is 8.11. The number of nitrogens with zero attached hydrogens (tertiary/aromatic N) is 1. The zero-order chi connectivity index (χ0) is 20.5. The van der Waals surface area contributed by atoms with E-state index in [2.05, 4.69) is 0 Å². The molecule has 0 spiro atoms. The fourth-order valence-corrected chi connectivity index (χ4v) is 2.88. The van der Waals surface area contributed by atoms with Crippen molar-refractivity contribution in [3.05, 3.63) is 53.3 Å². The standard InChI is InChI=1S/C22H28FNO4/c1-5-24(15-16-10-9-11-18(23)12-16)22(25)17-13-19(26-6-2)21(28-8-4)20(14-17)27-7-3/h9-14H,5-8,15H2,1-4H3. The van der Waals surface area contributed by atoms with Gasteiger partial charge in [-0.3, -0.25) is 4.79 Å². The molecule has 1 amide bonds. The second kappa shape index (κ2) is 10.5. The van der Waals surface area contributed by atoms with Crippen LogP contribution in [0.25, 0.3) is 0 Å². The Hall–Kier alpha value is -2.76. The van der Waals surface area contributed by atoms with Gasteiger partial charge in [-0.1, -0.05) is 12.1 Å². The summed E-state index contributed by atoms with van der Waals surface area (Å²) in [6.45, 7) is 9.62. The van der Waals surface area contributed by atoms with E-state index in [0.717, 1.165) is 5.56 Å². The monoisotopic (exact) mass is 389 g/mol. The Morgan fingerprint density at radius 1 is 0.929 bits per heavy atom. The summed E-state index contributed by atoms with van der Waals surface area (Å²) in [5.74, 6) is 0.938. The molecule has 0 saturated heterocycles. The summed E-state index contributed by atoms with van der Waals surface area (Å²) < 4.78 is 30.6. The van der Waals surface area contributed by atoms with Crippen molar-refractivity contribution in [2.75, 3.05) is 26.4 Å². The normalized spacial score (nSPS) is 10.5. The quantitative estimate of drug-likeness (QED) is 0.592. The van der Waals surface area contributed by atoms with E-state index in [4.69, 9.17) is 14.2 Å².